The molecule has 1 unspecified atom stereocenters. The quantitative estimate of drug-likeness (QED) is 0.734. The molecule has 2 rings (SSSR count). The van der Waals surface area contributed by atoms with Gasteiger partial charge in [0.1, 0.15) is 19.5 Å². The highest BCUT2D eigenvalue weighted by Gasteiger charge is 2.16. The Labute approximate surface area is 88.0 Å². The van der Waals surface area contributed by atoms with Gasteiger partial charge in [-0.3, -0.25) is 0 Å². The van der Waals surface area contributed by atoms with E-state index in [1.54, 1.807) is 6.07 Å². The van der Waals surface area contributed by atoms with Gasteiger partial charge < -0.3 is 20.0 Å². The van der Waals surface area contributed by atoms with Crippen LogP contribution in [-0.2, 0) is 4.79 Å². The van der Waals surface area contributed by atoms with Gasteiger partial charge in [0.2, 0.25) is 0 Å². The monoisotopic (exact) mass is 207 g/mol. The van der Waals surface area contributed by atoms with Gasteiger partial charge in [0.05, 0.1) is 6.04 Å². The zero-order valence-electron chi connectivity index (χ0n) is 8.53. The van der Waals surface area contributed by atoms with Crippen molar-refractivity contribution in [3.05, 3.63) is 23.3 Å². The van der Waals surface area contributed by atoms with Crippen molar-refractivity contribution in [1.29, 1.82) is 0 Å². The third-order valence-electron chi connectivity index (χ3n) is 2.44. The van der Waals surface area contributed by atoms with Crippen LogP contribution in [0.25, 0.3) is 0 Å². The number of carbonyl (C=O) groups is 1. The third kappa shape index (κ3) is 1.80. The number of ether oxygens (including phenoxy) is 2. The highest BCUT2D eigenvalue weighted by molar-refractivity contribution is 5.64. The summed E-state index contributed by atoms with van der Waals surface area (Å²) in [6, 6.07) is 3.04. The average molecular weight is 207 g/mol. The van der Waals surface area contributed by atoms with E-state index in [9.17, 15) is 4.79 Å². The molecule has 4 heteroatoms. The third-order valence-corrected chi connectivity index (χ3v) is 2.44. The zero-order valence-corrected chi connectivity index (χ0v) is 8.53. The van der Waals surface area contributed by atoms with Gasteiger partial charge >= 0.3 is 0 Å². The number of rotatable bonds is 2. The summed E-state index contributed by atoms with van der Waals surface area (Å²) in [4.78, 5) is 10.6. The van der Waals surface area contributed by atoms with Crippen LogP contribution in [0.3, 0.4) is 0 Å². The van der Waals surface area contributed by atoms with Gasteiger partial charge in [-0.1, -0.05) is 0 Å². The minimum absolute atomic E-state index is 0.534. The number of aryl methyl sites for hydroxylation is 1. The molecule has 80 valence electrons. The van der Waals surface area contributed by atoms with Gasteiger partial charge in [-0.25, -0.2) is 0 Å². The summed E-state index contributed by atoms with van der Waals surface area (Å²) in [5.41, 5.74) is 7.39. The molecule has 15 heavy (non-hydrogen) atoms. The van der Waals surface area contributed by atoms with Crippen LogP contribution >= 0.6 is 0 Å². The van der Waals surface area contributed by atoms with Crippen LogP contribution in [0.5, 0.6) is 11.5 Å². The summed E-state index contributed by atoms with van der Waals surface area (Å²) in [6.45, 7) is 2.99. The van der Waals surface area contributed by atoms with Crippen LogP contribution in [-0.4, -0.2) is 19.5 Å². The first-order valence-corrected chi connectivity index (χ1v) is 4.83. The second-order valence-corrected chi connectivity index (χ2v) is 3.51. The van der Waals surface area contributed by atoms with E-state index in [-0.39, 0.29) is 0 Å². The van der Waals surface area contributed by atoms with Crippen LogP contribution in [0.15, 0.2) is 12.1 Å². The van der Waals surface area contributed by atoms with Gasteiger partial charge in [0, 0.05) is 0 Å². The molecule has 4 nitrogen and oxygen atoms in total. The van der Waals surface area contributed by atoms with Gasteiger partial charge in [-0.05, 0) is 30.2 Å². The number of carbonyl (C=O) groups excluding carboxylic acids is 1. The molecular weight excluding hydrogens is 194 g/mol. The van der Waals surface area contributed by atoms with E-state index in [0.717, 1.165) is 23.2 Å². The van der Waals surface area contributed by atoms with Crippen molar-refractivity contribution in [3.8, 4) is 11.5 Å². The molecule has 0 aliphatic carbocycles. The van der Waals surface area contributed by atoms with Gasteiger partial charge in [-0.15, -0.1) is 0 Å². The van der Waals surface area contributed by atoms with Gasteiger partial charge in [0.25, 0.3) is 0 Å². The molecule has 1 aliphatic heterocycles. The van der Waals surface area contributed by atoms with Gasteiger partial charge in [-0.2, -0.15) is 0 Å². The Kier molecular flexibility index (Phi) is 2.60. The van der Waals surface area contributed by atoms with E-state index < -0.39 is 6.04 Å². The fourth-order valence-electron chi connectivity index (χ4n) is 1.64. The molecule has 0 fully saturated rings. The topological polar surface area (TPSA) is 61.6 Å². The Hall–Kier alpha value is -1.55. The standard InChI is InChI=1S/C11H13NO3/c1-7-4-10-11(15-3-2-14-10)5-8(7)9(12)6-13/h4-6,9H,2-3,12H2,1H3. The molecule has 0 radical (unpaired) electrons. The minimum Gasteiger partial charge on any atom is -0.486 e. The highest BCUT2D eigenvalue weighted by atomic mass is 16.6. The number of benzene rings is 1. The number of fused-ring (bicyclic) bond motifs is 1. The van der Waals surface area contributed by atoms with Crippen molar-refractivity contribution in [1.82, 2.24) is 0 Å². The molecule has 0 bridgehead atoms. The molecule has 0 amide bonds. The van der Waals surface area contributed by atoms with Crippen molar-refractivity contribution in [2.24, 2.45) is 5.73 Å². The Morgan fingerprint density at radius 3 is 2.53 bits per heavy atom. The minimum atomic E-state index is -0.596. The lowest BCUT2D eigenvalue weighted by atomic mass is 10.0. The molecule has 2 N–H and O–H groups in total. The molecule has 0 saturated heterocycles. The summed E-state index contributed by atoms with van der Waals surface area (Å²) in [5, 5.41) is 0. The lowest BCUT2D eigenvalue weighted by Gasteiger charge is -2.21. The predicted octanol–water partition coefficient (Wildman–Crippen LogP) is 0.965. The molecule has 0 saturated carbocycles. The maximum absolute atomic E-state index is 10.6. The lowest BCUT2D eigenvalue weighted by Crippen LogP contribution is -2.18. The Morgan fingerprint density at radius 2 is 1.93 bits per heavy atom. The summed E-state index contributed by atoms with van der Waals surface area (Å²) < 4.78 is 10.8. The number of hydrogen-bond donors (Lipinski definition) is 1. The van der Waals surface area contributed by atoms with Crippen LogP contribution in [0.2, 0.25) is 0 Å². The molecule has 1 aromatic carbocycles. The molecule has 0 aromatic heterocycles. The fourth-order valence-corrected chi connectivity index (χ4v) is 1.64. The first-order valence-electron chi connectivity index (χ1n) is 4.83. The maximum Gasteiger partial charge on any atom is 0.161 e. The van der Waals surface area contributed by atoms with Crippen LogP contribution in [0, 0.1) is 6.92 Å². The largest absolute Gasteiger partial charge is 0.486 e. The molecule has 0 spiro atoms. The average Bonchev–Trinajstić information content (AvgIpc) is 2.27. The summed E-state index contributed by atoms with van der Waals surface area (Å²) >= 11 is 0. The predicted molar refractivity (Wildman–Crippen MR) is 55.2 cm³/mol. The first-order chi connectivity index (χ1) is 7.22. The Balaban J connectivity index is 2.44. The van der Waals surface area contributed by atoms with Crippen molar-refractivity contribution in [3.63, 3.8) is 0 Å². The molecule has 1 heterocycles. The van der Waals surface area contributed by atoms with Crippen molar-refractivity contribution in [2.45, 2.75) is 13.0 Å². The number of hydrogen-bond acceptors (Lipinski definition) is 4. The SMILES string of the molecule is Cc1cc2c(cc1C(N)C=O)OCCO2. The number of nitrogens with two attached hydrogens (primary N) is 1. The van der Waals surface area contributed by atoms with E-state index in [4.69, 9.17) is 15.2 Å². The lowest BCUT2D eigenvalue weighted by molar-refractivity contribution is -0.109. The van der Waals surface area contributed by atoms with E-state index in [1.165, 1.54) is 0 Å². The normalized spacial score (nSPS) is 15.9. The van der Waals surface area contributed by atoms with Gasteiger partial charge in [0.15, 0.2) is 11.5 Å². The highest BCUT2D eigenvalue weighted by Crippen LogP contribution is 2.34. The van der Waals surface area contributed by atoms with Crippen LogP contribution in [0.4, 0.5) is 0 Å². The molecule has 1 atom stereocenters. The summed E-state index contributed by atoms with van der Waals surface area (Å²) in [5.74, 6) is 1.39. The first kappa shape index (κ1) is 9.98. The van der Waals surface area contributed by atoms with E-state index in [2.05, 4.69) is 0 Å². The van der Waals surface area contributed by atoms with Crippen molar-refractivity contribution < 1.29 is 14.3 Å². The van der Waals surface area contributed by atoms with Crippen molar-refractivity contribution >= 4 is 6.29 Å². The smallest absolute Gasteiger partial charge is 0.161 e. The summed E-state index contributed by atoms with van der Waals surface area (Å²) in [7, 11) is 0. The van der Waals surface area contributed by atoms with Crippen molar-refractivity contribution in [2.75, 3.05) is 13.2 Å². The zero-order chi connectivity index (χ0) is 10.8. The second kappa shape index (κ2) is 3.90. The summed E-state index contributed by atoms with van der Waals surface area (Å²) in [6.07, 6.45) is 0.721. The maximum atomic E-state index is 10.6. The fraction of sp³-hybridized carbons (Fsp3) is 0.364. The van der Waals surface area contributed by atoms with Crippen LogP contribution < -0.4 is 15.2 Å². The van der Waals surface area contributed by atoms with E-state index in [0.29, 0.717) is 19.0 Å². The van der Waals surface area contributed by atoms with E-state index in [1.807, 2.05) is 13.0 Å². The Bertz CT molecular complexity index is 390. The second-order valence-electron chi connectivity index (χ2n) is 3.51. The molecule has 1 aliphatic rings. The Morgan fingerprint density at radius 1 is 1.33 bits per heavy atom. The molecule has 1 aromatic rings. The van der Waals surface area contributed by atoms with Crippen LogP contribution in [0.1, 0.15) is 17.2 Å². The molecular formula is C11H13NO3. The number of aldehydes is 1. The van der Waals surface area contributed by atoms with E-state index >= 15 is 0 Å².